The van der Waals surface area contributed by atoms with Crippen LogP contribution in [0, 0.1) is 0 Å². The highest BCUT2D eigenvalue weighted by molar-refractivity contribution is 7.09. The van der Waals surface area contributed by atoms with E-state index in [0.29, 0.717) is 61.3 Å². The zero-order valence-corrected chi connectivity index (χ0v) is 23.5. The summed E-state index contributed by atoms with van der Waals surface area (Å²) in [6.45, 7) is 1.73. The average molecular weight is 560 g/mol. The summed E-state index contributed by atoms with van der Waals surface area (Å²) in [4.78, 5) is 31.1. The summed E-state index contributed by atoms with van der Waals surface area (Å²) in [5, 5.41) is 5.35. The van der Waals surface area contributed by atoms with E-state index in [1.165, 1.54) is 4.90 Å². The van der Waals surface area contributed by atoms with Crippen molar-refractivity contribution in [2.45, 2.75) is 19.4 Å². The van der Waals surface area contributed by atoms with E-state index in [1.807, 2.05) is 35.7 Å². The molecule has 8 nitrogen and oxygen atoms in total. The second-order valence-corrected chi connectivity index (χ2v) is 10.0. The molecule has 3 rings (SSSR count). The fraction of sp³-hybridized carbons (Fsp3) is 0.357. The van der Waals surface area contributed by atoms with Crippen molar-refractivity contribution >= 4 is 40.6 Å². The van der Waals surface area contributed by atoms with Gasteiger partial charge in [0.1, 0.15) is 6.54 Å². The first-order chi connectivity index (χ1) is 18.4. The molecule has 0 saturated heterocycles. The minimum absolute atomic E-state index is 0.0621. The lowest BCUT2D eigenvalue weighted by Gasteiger charge is -2.28. The Labute approximate surface area is 233 Å². The highest BCUT2D eigenvalue weighted by Crippen LogP contribution is 2.28. The number of methoxy groups -OCH3 is 3. The van der Waals surface area contributed by atoms with E-state index in [0.717, 1.165) is 10.4 Å². The number of carbonyl (C=O) groups is 2. The largest absolute Gasteiger partial charge is 0.493 e. The Morgan fingerprint density at radius 3 is 2.45 bits per heavy atom. The van der Waals surface area contributed by atoms with Gasteiger partial charge in [-0.3, -0.25) is 4.79 Å². The normalized spacial score (nSPS) is 10.6. The van der Waals surface area contributed by atoms with Crippen molar-refractivity contribution in [2.75, 3.05) is 52.9 Å². The van der Waals surface area contributed by atoms with Crippen molar-refractivity contribution in [1.29, 1.82) is 0 Å². The predicted octanol–water partition coefficient (Wildman–Crippen LogP) is 5.56. The number of anilines is 1. The van der Waals surface area contributed by atoms with Crippen LogP contribution in [0.3, 0.4) is 0 Å². The highest BCUT2D eigenvalue weighted by Gasteiger charge is 2.22. The summed E-state index contributed by atoms with van der Waals surface area (Å²) >= 11 is 7.66. The van der Waals surface area contributed by atoms with Gasteiger partial charge in [-0.1, -0.05) is 29.8 Å². The minimum Gasteiger partial charge on any atom is -0.493 e. The Balaban J connectivity index is 1.74. The summed E-state index contributed by atoms with van der Waals surface area (Å²) in [5.74, 6) is 1.15. The lowest BCUT2D eigenvalue weighted by molar-refractivity contribution is -0.132. The second-order valence-electron chi connectivity index (χ2n) is 8.54. The van der Waals surface area contributed by atoms with Crippen LogP contribution in [0.5, 0.6) is 11.5 Å². The Morgan fingerprint density at radius 1 is 0.947 bits per heavy atom. The van der Waals surface area contributed by atoms with Crippen molar-refractivity contribution in [1.82, 2.24) is 9.80 Å². The molecule has 0 aliphatic heterocycles. The maximum atomic E-state index is 13.6. The third-order valence-electron chi connectivity index (χ3n) is 5.86. The van der Waals surface area contributed by atoms with Gasteiger partial charge in [-0.05, 0) is 60.2 Å². The minimum atomic E-state index is -0.368. The van der Waals surface area contributed by atoms with Crippen molar-refractivity contribution < 1.29 is 23.8 Å². The molecule has 0 spiro atoms. The fourth-order valence-corrected chi connectivity index (χ4v) is 4.78. The maximum absolute atomic E-state index is 13.6. The van der Waals surface area contributed by atoms with Gasteiger partial charge in [0.05, 0.1) is 20.8 Å². The number of hydrogen-bond acceptors (Lipinski definition) is 6. The van der Waals surface area contributed by atoms with Crippen LogP contribution in [-0.4, -0.2) is 69.3 Å². The van der Waals surface area contributed by atoms with Crippen LogP contribution < -0.4 is 14.8 Å². The molecular weight excluding hydrogens is 526 g/mol. The van der Waals surface area contributed by atoms with Crippen LogP contribution in [0.25, 0.3) is 0 Å². The van der Waals surface area contributed by atoms with Gasteiger partial charge in [0.2, 0.25) is 5.91 Å². The average Bonchev–Trinajstić information content (AvgIpc) is 3.43. The van der Waals surface area contributed by atoms with Gasteiger partial charge >= 0.3 is 6.03 Å². The van der Waals surface area contributed by atoms with Crippen LogP contribution in [-0.2, 0) is 22.5 Å². The number of hydrogen-bond donors (Lipinski definition) is 1. The van der Waals surface area contributed by atoms with Gasteiger partial charge in [-0.25, -0.2) is 4.79 Å². The number of halogens is 1. The molecule has 10 heteroatoms. The molecule has 0 bridgehead atoms. The molecule has 2 aromatic carbocycles. The van der Waals surface area contributed by atoms with Gasteiger partial charge in [0, 0.05) is 42.4 Å². The van der Waals surface area contributed by atoms with Gasteiger partial charge in [-0.2, -0.15) is 0 Å². The van der Waals surface area contributed by atoms with Crippen molar-refractivity contribution in [2.24, 2.45) is 0 Å². The third kappa shape index (κ3) is 8.93. The quantitative estimate of drug-likeness (QED) is 0.262. The van der Waals surface area contributed by atoms with Crippen LogP contribution >= 0.6 is 22.9 Å². The first-order valence-electron chi connectivity index (χ1n) is 12.2. The van der Waals surface area contributed by atoms with Crippen molar-refractivity contribution in [3.63, 3.8) is 0 Å². The number of ether oxygens (including phenoxy) is 3. The van der Waals surface area contributed by atoms with Gasteiger partial charge in [0.25, 0.3) is 0 Å². The van der Waals surface area contributed by atoms with Crippen molar-refractivity contribution in [3.05, 3.63) is 75.4 Å². The summed E-state index contributed by atoms with van der Waals surface area (Å²) in [6.07, 6.45) is 1.22. The molecule has 0 aliphatic rings. The maximum Gasteiger partial charge on any atom is 0.322 e. The predicted molar refractivity (Wildman–Crippen MR) is 152 cm³/mol. The number of carbonyl (C=O) groups excluding carboxylic acids is 2. The van der Waals surface area contributed by atoms with Gasteiger partial charge in [-0.15, -0.1) is 11.3 Å². The Hall–Kier alpha value is -3.27. The lowest BCUT2D eigenvalue weighted by atomic mass is 10.1. The summed E-state index contributed by atoms with van der Waals surface area (Å²) in [5.41, 5.74) is 1.58. The van der Waals surface area contributed by atoms with Crippen LogP contribution in [0.1, 0.15) is 16.9 Å². The Kier molecular flexibility index (Phi) is 11.7. The number of nitrogens with one attached hydrogen (secondary N) is 1. The van der Waals surface area contributed by atoms with E-state index >= 15 is 0 Å². The summed E-state index contributed by atoms with van der Waals surface area (Å²) < 4.78 is 15.9. The number of amides is 3. The zero-order valence-electron chi connectivity index (χ0n) is 21.9. The first-order valence-corrected chi connectivity index (χ1v) is 13.5. The van der Waals surface area contributed by atoms with Crippen LogP contribution in [0.4, 0.5) is 10.5 Å². The molecule has 1 heterocycles. The van der Waals surface area contributed by atoms with E-state index in [2.05, 4.69) is 5.32 Å². The number of thiophene rings is 1. The monoisotopic (exact) mass is 559 g/mol. The Morgan fingerprint density at radius 2 is 1.76 bits per heavy atom. The smallest absolute Gasteiger partial charge is 0.322 e. The fourth-order valence-electron chi connectivity index (χ4n) is 3.87. The molecule has 1 aromatic heterocycles. The molecular formula is C28H34ClN3O5S. The molecule has 0 radical (unpaired) electrons. The molecule has 38 heavy (non-hydrogen) atoms. The molecule has 0 unspecified atom stereocenters. The first kappa shape index (κ1) is 29.3. The van der Waals surface area contributed by atoms with Gasteiger partial charge in [0.15, 0.2) is 11.5 Å². The summed E-state index contributed by atoms with van der Waals surface area (Å²) in [6, 6.07) is 16.3. The van der Waals surface area contributed by atoms with Crippen LogP contribution in [0.2, 0.25) is 5.02 Å². The van der Waals surface area contributed by atoms with E-state index in [9.17, 15) is 9.59 Å². The van der Waals surface area contributed by atoms with E-state index in [4.69, 9.17) is 25.8 Å². The topological polar surface area (TPSA) is 80.3 Å². The van der Waals surface area contributed by atoms with E-state index in [-0.39, 0.29) is 18.5 Å². The standard InChI is InChI=1S/C28H34ClN3O5S/c1-35-15-6-13-32(28(34)30-23-8-4-7-22(29)18-23)20-27(33)31(19-24-9-5-16-38-24)14-12-21-10-11-25(36-2)26(17-21)37-3/h4-5,7-11,16-18H,6,12-15,19-20H2,1-3H3,(H,30,34). The third-order valence-corrected chi connectivity index (χ3v) is 6.96. The molecule has 1 N–H and O–H groups in total. The number of rotatable bonds is 14. The molecule has 3 amide bonds. The number of nitrogens with zero attached hydrogens (tertiary/aromatic N) is 2. The molecule has 204 valence electrons. The molecule has 0 aliphatic carbocycles. The second kappa shape index (κ2) is 15.2. The zero-order chi connectivity index (χ0) is 27.3. The molecule has 0 saturated carbocycles. The molecule has 0 atom stereocenters. The van der Waals surface area contributed by atoms with E-state index in [1.54, 1.807) is 61.8 Å². The lowest BCUT2D eigenvalue weighted by Crippen LogP contribution is -2.45. The number of benzene rings is 2. The van der Waals surface area contributed by atoms with E-state index < -0.39 is 0 Å². The number of urea groups is 1. The highest BCUT2D eigenvalue weighted by atomic mass is 35.5. The van der Waals surface area contributed by atoms with Crippen LogP contribution in [0.15, 0.2) is 60.0 Å². The molecule has 3 aromatic rings. The van der Waals surface area contributed by atoms with Crippen molar-refractivity contribution in [3.8, 4) is 11.5 Å². The van der Waals surface area contributed by atoms with Gasteiger partial charge < -0.3 is 29.3 Å². The molecule has 0 fully saturated rings. The SMILES string of the molecule is COCCCN(CC(=O)N(CCc1ccc(OC)c(OC)c1)Cc1cccs1)C(=O)Nc1cccc(Cl)c1. The Bertz CT molecular complexity index is 1180. The summed E-state index contributed by atoms with van der Waals surface area (Å²) in [7, 11) is 4.80.